The van der Waals surface area contributed by atoms with Crippen LogP contribution in [-0.4, -0.2) is 38.0 Å². The first-order valence-corrected chi connectivity index (χ1v) is 14.0. The maximum Gasteiger partial charge on any atom is 0.162 e. The molecule has 5 aromatic rings. The Labute approximate surface area is 244 Å². The average Bonchev–Trinajstić information content (AvgIpc) is 3.26. The van der Waals surface area contributed by atoms with Crippen molar-refractivity contribution in [3.05, 3.63) is 144 Å². The van der Waals surface area contributed by atoms with E-state index in [4.69, 9.17) is 24.7 Å². The lowest BCUT2D eigenvalue weighted by molar-refractivity contribution is -0.147. The highest BCUT2D eigenvalue weighted by molar-refractivity contribution is 5.65. The predicted molar refractivity (Wildman–Crippen MR) is 158 cm³/mol. The smallest absolute Gasteiger partial charge is 0.162 e. The van der Waals surface area contributed by atoms with Crippen molar-refractivity contribution in [3.8, 4) is 0 Å². The van der Waals surface area contributed by atoms with E-state index in [1.54, 1.807) is 4.52 Å². The number of benzene rings is 3. The van der Waals surface area contributed by atoms with Gasteiger partial charge in [-0.25, -0.2) is 9.50 Å². The Morgan fingerprint density at radius 3 is 2.02 bits per heavy atom. The standard InChI is InChI=1S/C34H32N4O4/c1-2-33-32(40-21-25-14-8-4-9-15-25)34(33,41-22-26-16-10-5-11-17-26)30(39-20-24-12-6-3-7-13-24)29(42-33)27-18-19-28-31(35)36-23-37-38(27)28/h2-19,23,29-30,32H,1,20-22H2,(H2,35,36,37)/t29-,30-,32?,33+,34+/m0/s1. The highest BCUT2D eigenvalue weighted by Gasteiger charge is 2.89. The lowest BCUT2D eigenvalue weighted by Crippen LogP contribution is -2.40. The lowest BCUT2D eigenvalue weighted by atomic mass is 10.0. The molecule has 3 aromatic carbocycles. The molecule has 1 aliphatic carbocycles. The quantitative estimate of drug-likeness (QED) is 0.215. The maximum absolute atomic E-state index is 6.94. The summed E-state index contributed by atoms with van der Waals surface area (Å²) in [6.45, 7) is 5.33. The third kappa shape index (κ3) is 4.31. The van der Waals surface area contributed by atoms with Gasteiger partial charge in [-0.3, -0.25) is 0 Å². The molecule has 7 rings (SSSR count). The first kappa shape index (κ1) is 26.6. The van der Waals surface area contributed by atoms with Crippen LogP contribution in [0.2, 0.25) is 0 Å². The number of hydrogen-bond acceptors (Lipinski definition) is 7. The number of anilines is 1. The molecule has 1 aliphatic heterocycles. The van der Waals surface area contributed by atoms with Gasteiger partial charge in [0.05, 0.1) is 25.5 Å². The molecule has 3 heterocycles. The monoisotopic (exact) mass is 560 g/mol. The Bertz CT molecular complexity index is 1680. The second kappa shape index (κ2) is 10.8. The van der Waals surface area contributed by atoms with Crippen LogP contribution in [0.15, 0.2) is 122 Å². The number of nitrogens with two attached hydrogens (primary N) is 1. The van der Waals surface area contributed by atoms with E-state index in [9.17, 15) is 0 Å². The Balaban J connectivity index is 1.29. The van der Waals surface area contributed by atoms with Crippen molar-refractivity contribution in [1.82, 2.24) is 14.6 Å². The van der Waals surface area contributed by atoms with Crippen LogP contribution in [0.4, 0.5) is 5.82 Å². The molecule has 0 amide bonds. The van der Waals surface area contributed by atoms with Crippen LogP contribution < -0.4 is 5.73 Å². The number of fused-ring (bicyclic) bond motifs is 2. The first-order chi connectivity index (χ1) is 20.7. The van der Waals surface area contributed by atoms with Gasteiger partial charge in [-0.15, -0.1) is 6.58 Å². The number of aromatic nitrogens is 3. The summed E-state index contributed by atoms with van der Waals surface area (Å²) >= 11 is 0. The maximum atomic E-state index is 6.94. The van der Waals surface area contributed by atoms with Crippen molar-refractivity contribution in [2.45, 2.75) is 49.3 Å². The van der Waals surface area contributed by atoms with Crippen molar-refractivity contribution in [1.29, 1.82) is 0 Å². The van der Waals surface area contributed by atoms with Gasteiger partial charge in [0.2, 0.25) is 0 Å². The van der Waals surface area contributed by atoms with Crippen molar-refractivity contribution >= 4 is 11.3 Å². The number of nitrogens with zero attached hydrogens (tertiary/aromatic N) is 3. The van der Waals surface area contributed by atoms with Gasteiger partial charge in [-0.1, -0.05) is 97.1 Å². The second-order valence-electron chi connectivity index (χ2n) is 10.7. The molecule has 1 saturated carbocycles. The van der Waals surface area contributed by atoms with E-state index >= 15 is 0 Å². The van der Waals surface area contributed by atoms with Crippen molar-refractivity contribution in [2.75, 3.05) is 5.73 Å². The Morgan fingerprint density at radius 1 is 0.810 bits per heavy atom. The van der Waals surface area contributed by atoms with Gasteiger partial charge in [0, 0.05) is 0 Å². The largest absolute Gasteiger partial charge is 0.382 e. The van der Waals surface area contributed by atoms with Gasteiger partial charge in [0.25, 0.3) is 0 Å². The minimum atomic E-state index is -0.971. The van der Waals surface area contributed by atoms with Gasteiger partial charge >= 0.3 is 0 Å². The summed E-state index contributed by atoms with van der Waals surface area (Å²) in [5.41, 5.74) is 8.87. The molecule has 1 unspecified atom stereocenters. The Kier molecular flexibility index (Phi) is 6.84. The van der Waals surface area contributed by atoms with E-state index < -0.39 is 29.5 Å². The zero-order valence-corrected chi connectivity index (χ0v) is 23.1. The zero-order valence-electron chi connectivity index (χ0n) is 23.1. The molecular formula is C34H32N4O4. The van der Waals surface area contributed by atoms with E-state index in [1.807, 2.05) is 109 Å². The summed E-state index contributed by atoms with van der Waals surface area (Å²) in [5, 5.41) is 4.49. The van der Waals surface area contributed by atoms with Crippen LogP contribution in [0.25, 0.3) is 5.52 Å². The fourth-order valence-corrected chi connectivity index (χ4v) is 6.19. The van der Waals surface area contributed by atoms with Crippen LogP contribution in [0.1, 0.15) is 28.5 Å². The number of ether oxygens (including phenoxy) is 4. The molecular weight excluding hydrogens is 528 g/mol. The van der Waals surface area contributed by atoms with Gasteiger partial charge in [0.1, 0.15) is 30.2 Å². The van der Waals surface area contributed by atoms with Crippen molar-refractivity contribution in [2.24, 2.45) is 0 Å². The first-order valence-electron chi connectivity index (χ1n) is 14.0. The number of rotatable bonds is 11. The summed E-state index contributed by atoms with van der Waals surface area (Å²) in [6.07, 6.45) is 1.70. The van der Waals surface area contributed by atoms with Crippen LogP contribution in [0.5, 0.6) is 0 Å². The van der Waals surface area contributed by atoms with Crippen molar-refractivity contribution in [3.63, 3.8) is 0 Å². The van der Waals surface area contributed by atoms with E-state index in [1.165, 1.54) is 6.33 Å². The SMILES string of the molecule is C=C[C@]12O[C@@H](c3ccc4c(N)ncnn34)[C@H](OCc3ccccc3)[C@@]1(OCc1ccccc1)C2OCc1ccccc1. The summed E-state index contributed by atoms with van der Waals surface area (Å²) < 4.78 is 29.0. The van der Waals surface area contributed by atoms with Gasteiger partial charge in [-0.05, 0) is 28.8 Å². The molecule has 2 N–H and O–H groups in total. The highest BCUT2D eigenvalue weighted by atomic mass is 16.7. The molecule has 0 spiro atoms. The van der Waals surface area contributed by atoms with Gasteiger partial charge in [-0.2, -0.15) is 5.10 Å². The molecule has 1 saturated heterocycles. The molecule has 0 radical (unpaired) electrons. The number of nitrogen functional groups attached to an aromatic ring is 1. The number of hydrogen-bond donors (Lipinski definition) is 1. The normalized spacial score (nSPS) is 26.2. The fraction of sp³-hybridized carbons (Fsp3) is 0.235. The zero-order chi connectivity index (χ0) is 28.6. The predicted octanol–water partition coefficient (Wildman–Crippen LogP) is 5.45. The summed E-state index contributed by atoms with van der Waals surface area (Å²) in [7, 11) is 0. The van der Waals surface area contributed by atoms with Crippen LogP contribution in [-0.2, 0) is 38.8 Å². The minimum Gasteiger partial charge on any atom is -0.382 e. The van der Waals surface area contributed by atoms with E-state index in [2.05, 4.69) is 16.7 Å². The van der Waals surface area contributed by atoms with Gasteiger partial charge in [0.15, 0.2) is 17.0 Å². The van der Waals surface area contributed by atoms with Crippen LogP contribution >= 0.6 is 0 Å². The molecule has 5 atom stereocenters. The van der Waals surface area contributed by atoms with E-state index in [-0.39, 0.29) is 0 Å². The molecule has 8 nitrogen and oxygen atoms in total. The molecule has 8 heteroatoms. The Hall–Kier alpha value is -4.34. The van der Waals surface area contributed by atoms with Crippen LogP contribution in [0, 0.1) is 0 Å². The molecule has 2 aromatic heterocycles. The average molecular weight is 561 g/mol. The third-order valence-corrected chi connectivity index (χ3v) is 8.28. The fourth-order valence-electron chi connectivity index (χ4n) is 6.19. The molecule has 0 bridgehead atoms. The van der Waals surface area contributed by atoms with E-state index in [0.29, 0.717) is 31.2 Å². The topological polar surface area (TPSA) is 93.1 Å². The molecule has 212 valence electrons. The second-order valence-corrected chi connectivity index (χ2v) is 10.7. The van der Waals surface area contributed by atoms with Crippen LogP contribution in [0.3, 0.4) is 0 Å². The summed E-state index contributed by atoms with van der Waals surface area (Å²) in [6, 6.07) is 34.1. The molecule has 2 aliphatic rings. The highest BCUT2D eigenvalue weighted by Crippen LogP contribution is 2.68. The summed E-state index contributed by atoms with van der Waals surface area (Å²) in [5.74, 6) is 0.388. The molecule has 2 fully saturated rings. The lowest BCUT2D eigenvalue weighted by Gasteiger charge is -2.29. The minimum absolute atomic E-state index is 0.354. The Morgan fingerprint density at radius 2 is 1.40 bits per heavy atom. The molecule has 42 heavy (non-hydrogen) atoms. The van der Waals surface area contributed by atoms with Gasteiger partial charge < -0.3 is 24.7 Å². The van der Waals surface area contributed by atoms with Crippen molar-refractivity contribution < 1.29 is 18.9 Å². The third-order valence-electron chi connectivity index (χ3n) is 8.28. The summed E-state index contributed by atoms with van der Waals surface area (Å²) in [4.78, 5) is 4.15. The van der Waals surface area contributed by atoms with E-state index in [0.717, 1.165) is 22.4 Å².